The molecule has 1 unspecified atom stereocenters. The molecular weight excluding hydrogens is 226 g/mol. The molecule has 1 nitrogen and oxygen atoms in total. The Morgan fingerprint density at radius 2 is 2.06 bits per heavy atom. The molecule has 0 aliphatic rings. The maximum atomic E-state index is 6.20. The smallest absolute Gasteiger partial charge is 0.0345 e. The van der Waals surface area contributed by atoms with Crippen molar-refractivity contribution in [2.45, 2.75) is 45.1 Å². The summed E-state index contributed by atoms with van der Waals surface area (Å²) in [5.74, 6) is 0. The number of fused-ring (bicyclic) bond motifs is 1. The molecule has 2 heteroatoms. The van der Waals surface area contributed by atoms with E-state index in [1.165, 1.54) is 34.9 Å². The van der Waals surface area contributed by atoms with E-state index in [0.29, 0.717) is 6.04 Å². The van der Waals surface area contributed by atoms with Gasteiger partial charge in [-0.1, -0.05) is 44.4 Å². The lowest BCUT2D eigenvalue weighted by Gasteiger charge is -2.10. The normalized spacial score (nSPS) is 13.1. The molecule has 0 saturated heterocycles. The van der Waals surface area contributed by atoms with Crippen LogP contribution in [0.15, 0.2) is 29.6 Å². The maximum Gasteiger partial charge on any atom is 0.0345 e. The first-order valence-electron chi connectivity index (χ1n) is 6.52. The predicted octanol–water partition coefficient (Wildman–Crippen LogP) is 4.35. The highest BCUT2D eigenvalue weighted by Gasteiger charge is 2.08. The van der Waals surface area contributed by atoms with Gasteiger partial charge < -0.3 is 5.73 Å². The molecule has 2 aromatic rings. The Labute approximate surface area is 108 Å². The van der Waals surface area contributed by atoms with Crippen LogP contribution in [0.2, 0.25) is 0 Å². The Kier molecular flexibility index (Phi) is 4.57. The second-order valence-corrected chi connectivity index (χ2v) is 5.63. The molecular formula is C15H21NS. The van der Waals surface area contributed by atoms with Gasteiger partial charge in [0.1, 0.15) is 0 Å². The van der Waals surface area contributed by atoms with Crippen molar-refractivity contribution in [3.63, 3.8) is 0 Å². The van der Waals surface area contributed by atoms with Crippen LogP contribution in [-0.2, 0) is 6.42 Å². The number of hydrogen-bond donors (Lipinski definition) is 1. The molecule has 0 spiro atoms. The molecule has 1 aromatic carbocycles. The molecule has 2 rings (SSSR count). The summed E-state index contributed by atoms with van der Waals surface area (Å²) in [5, 5.41) is 3.66. The molecule has 0 radical (unpaired) electrons. The van der Waals surface area contributed by atoms with Gasteiger partial charge in [0.25, 0.3) is 0 Å². The van der Waals surface area contributed by atoms with Crippen molar-refractivity contribution in [3.8, 4) is 0 Å². The zero-order valence-electron chi connectivity index (χ0n) is 10.5. The van der Waals surface area contributed by atoms with Gasteiger partial charge >= 0.3 is 0 Å². The summed E-state index contributed by atoms with van der Waals surface area (Å²) in [6.45, 7) is 2.23. The Bertz CT molecular complexity index is 461. The van der Waals surface area contributed by atoms with Crippen LogP contribution in [0.4, 0.5) is 0 Å². The van der Waals surface area contributed by atoms with E-state index in [2.05, 4.69) is 36.6 Å². The number of nitrogens with two attached hydrogens (primary N) is 1. The molecule has 1 atom stereocenters. The van der Waals surface area contributed by atoms with Crippen LogP contribution in [0, 0.1) is 0 Å². The van der Waals surface area contributed by atoms with E-state index < -0.39 is 0 Å². The molecule has 0 aliphatic heterocycles. The van der Waals surface area contributed by atoms with Gasteiger partial charge in [0.15, 0.2) is 0 Å². The first-order valence-corrected chi connectivity index (χ1v) is 7.40. The van der Waals surface area contributed by atoms with Crippen molar-refractivity contribution in [2.24, 2.45) is 5.73 Å². The van der Waals surface area contributed by atoms with Gasteiger partial charge in [0, 0.05) is 10.7 Å². The van der Waals surface area contributed by atoms with E-state index in [4.69, 9.17) is 5.73 Å². The van der Waals surface area contributed by atoms with E-state index in [1.807, 2.05) is 11.3 Å². The molecule has 0 aliphatic carbocycles. The van der Waals surface area contributed by atoms with Crippen molar-refractivity contribution in [1.29, 1.82) is 0 Å². The quantitative estimate of drug-likeness (QED) is 0.754. The van der Waals surface area contributed by atoms with Gasteiger partial charge in [-0.15, -0.1) is 11.3 Å². The summed E-state index contributed by atoms with van der Waals surface area (Å²) >= 11 is 1.83. The second kappa shape index (κ2) is 6.18. The largest absolute Gasteiger partial charge is 0.327 e. The van der Waals surface area contributed by atoms with E-state index in [1.54, 1.807) is 0 Å². The average Bonchev–Trinajstić information content (AvgIpc) is 2.73. The van der Waals surface area contributed by atoms with E-state index in [0.717, 1.165) is 12.8 Å². The lowest BCUT2D eigenvalue weighted by Crippen LogP contribution is -2.22. The summed E-state index contributed by atoms with van der Waals surface area (Å²) in [7, 11) is 0. The molecule has 92 valence electrons. The van der Waals surface area contributed by atoms with Crippen LogP contribution in [-0.4, -0.2) is 6.04 Å². The van der Waals surface area contributed by atoms with Crippen molar-refractivity contribution < 1.29 is 0 Å². The standard InChI is InChI=1S/C15H21NS/c1-2-3-4-7-13(16)10-12-11-17-15-9-6-5-8-14(12)15/h5-6,8-9,11,13H,2-4,7,10,16H2,1H3. The maximum absolute atomic E-state index is 6.20. The van der Waals surface area contributed by atoms with Crippen LogP contribution in [0.5, 0.6) is 0 Å². The number of rotatable bonds is 6. The van der Waals surface area contributed by atoms with Gasteiger partial charge in [-0.25, -0.2) is 0 Å². The molecule has 1 heterocycles. The van der Waals surface area contributed by atoms with Crippen molar-refractivity contribution in [2.75, 3.05) is 0 Å². The van der Waals surface area contributed by atoms with Gasteiger partial charge in [0.2, 0.25) is 0 Å². The van der Waals surface area contributed by atoms with Crippen LogP contribution in [0.25, 0.3) is 10.1 Å². The third-order valence-electron chi connectivity index (χ3n) is 3.22. The molecule has 0 saturated carbocycles. The fraction of sp³-hybridized carbons (Fsp3) is 0.467. The highest BCUT2D eigenvalue weighted by molar-refractivity contribution is 7.17. The van der Waals surface area contributed by atoms with Crippen molar-refractivity contribution >= 4 is 21.4 Å². The minimum Gasteiger partial charge on any atom is -0.327 e. The second-order valence-electron chi connectivity index (χ2n) is 4.72. The average molecular weight is 247 g/mol. The topological polar surface area (TPSA) is 26.0 Å². The first-order chi connectivity index (χ1) is 8.31. The van der Waals surface area contributed by atoms with Gasteiger partial charge in [0.05, 0.1) is 0 Å². The van der Waals surface area contributed by atoms with Crippen molar-refractivity contribution in [3.05, 3.63) is 35.2 Å². The fourth-order valence-corrected chi connectivity index (χ4v) is 3.21. The molecule has 1 aromatic heterocycles. The summed E-state index contributed by atoms with van der Waals surface area (Å²) in [5.41, 5.74) is 7.63. The molecule has 0 fully saturated rings. The number of unbranched alkanes of at least 4 members (excludes halogenated alkanes) is 2. The van der Waals surface area contributed by atoms with Crippen LogP contribution < -0.4 is 5.73 Å². The molecule has 0 amide bonds. The zero-order chi connectivity index (χ0) is 12.1. The van der Waals surface area contributed by atoms with E-state index in [-0.39, 0.29) is 0 Å². The third kappa shape index (κ3) is 3.30. The lowest BCUT2D eigenvalue weighted by molar-refractivity contribution is 0.559. The van der Waals surface area contributed by atoms with Gasteiger partial charge in [-0.2, -0.15) is 0 Å². The summed E-state index contributed by atoms with van der Waals surface area (Å²) in [6, 6.07) is 8.93. The Morgan fingerprint density at radius 1 is 1.24 bits per heavy atom. The van der Waals surface area contributed by atoms with Crippen LogP contribution >= 0.6 is 11.3 Å². The predicted molar refractivity (Wildman–Crippen MR) is 77.6 cm³/mol. The molecule has 0 bridgehead atoms. The fourth-order valence-electron chi connectivity index (χ4n) is 2.23. The number of benzene rings is 1. The monoisotopic (exact) mass is 247 g/mol. The zero-order valence-corrected chi connectivity index (χ0v) is 11.3. The van der Waals surface area contributed by atoms with E-state index >= 15 is 0 Å². The van der Waals surface area contributed by atoms with Gasteiger partial charge in [-0.3, -0.25) is 0 Å². The van der Waals surface area contributed by atoms with Crippen LogP contribution in [0.1, 0.15) is 38.2 Å². The minimum atomic E-state index is 0.319. The first kappa shape index (κ1) is 12.6. The molecule has 17 heavy (non-hydrogen) atoms. The molecule has 2 N–H and O–H groups in total. The van der Waals surface area contributed by atoms with Crippen LogP contribution in [0.3, 0.4) is 0 Å². The summed E-state index contributed by atoms with van der Waals surface area (Å²) < 4.78 is 1.38. The lowest BCUT2D eigenvalue weighted by atomic mass is 10.0. The van der Waals surface area contributed by atoms with Gasteiger partial charge in [-0.05, 0) is 35.2 Å². The SMILES string of the molecule is CCCCCC(N)Cc1csc2ccccc12. The Morgan fingerprint density at radius 3 is 2.88 bits per heavy atom. The highest BCUT2D eigenvalue weighted by atomic mass is 32.1. The summed E-state index contributed by atoms with van der Waals surface area (Å²) in [4.78, 5) is 0. The third-order valence-corrected chi connectivity index (χ3v) is 4.23. The Balaban J connectivity index is 1.98. The summed E-state index contributed by atoms with van der Waals surface area (Å²) in [6.07, 6.45) is 6.01. The minimum absolute atomic E-state index is 0.319. The van der Waals surface area contributed by atoms with E-state index in [9.17, 15) is 0 Å². The van der Waals surface area contributed by atoms with Crippen molar-refractivity contribution in [1.82, 2.24) is 0 Å². The number of thiophene rings is 1. The number of hydrogen-bond acceptors (Lipinski definition) is 2. The Hall–Kier alpha value is -0.860. The highest BCUT2D eigenvalue weighted by Crippen LogP contribution is 2.26.